The van der Waals surface area contributed by atoms with Crippen LogP contribution < -0.4 is 5.32 Å². The van der Waals surface area contributed by atoms with Crippen molar-refractivity contribution in [2.24, 2.45) is 0 Å². The van der Waals surface area contributed by atoms with Crippen LogP contribution >= 0.6 is 11.3 Å². The molecular formula is C9H13NS. The predicted octanol–water partition coefficient (Wildman–Crippen LogP) is 1.82. The van der Waals surface area contributed by atoms with E-state index in [1.807, 2.05) is 11.3 Å². The molecule has 1 nitrogen and oxygen atoms in total. The molecule has 2 heteroatoms. The Morgan fingerprint density at radius 1 is 1.64 bits per heavy atom. The van der Waals surface area contributed by atoms with E-state index in [0.717, 1.165) is 6.04 Å². The van der Waals surface area contributed by atoms with Crippen LogP contribution in [0.15, 0.2) is 11.4 Å². The van der Waals surface area contributed by atoms with Crippen LogP contribution in [0.4, 0.5) is 0 Å². The van der Waals surface area contributed by atoms with E-state index >= 15 is 0 Å². The minimum atomic E-state index is 0.720. The summed E-state index contributed by atoms with van der Waals surface area (Å²) in [5.41, 5.74) is 1.57. The fourth-order valence-electron chi connectivity index (χ4n) is 1.69. The highest BCUT2D eigenvalue weighted by atomic mass is 32.1. The van der Waals surface area contributed by atoms with Gasteiger partial charge in [-0.25, -0.2) is 0 Å². The SMILES string of the molecule is CNC1CCc2sccc2C1. The van der Waals surface area contributed by atoms with E-state index in [0.29, 0.717) is 0 Å². The second-order valence-electron chi connectivity index (χ2n) is 3.10. The summed E-state index contributed by atoms with van der Waals surface area (Å²) >= 11 is 1.91. The van der Waals surface area contributed by atoms with Gasteiger partial charge in [-0.15, -0.1) is 11.3 Å². The summed E-state index contributed by atoms with van der Waals surface area (Å²) in [6.45, 7) is 0. The zero-order chi connectivity index (χ0) is 7.68. The molecule has 0 bridgehead atoms. The quantitative estimate of drug-likeness (QED) is 0.673. The maximum absolute atomic E-state index is 3.34. The van der Waals surface area contributed by atoms with Crippen molar-refractivity contribution in [3.8, 4) is 0 Å². The van der Waals surface area contributed by atoms with Crippen LogP contribution in [0.1, 0.15) is 16.9 Å². The van der Waals surface area contributed by atoms with E-state index in [1.54, 1.807) is 10.4 Å². The molecule has 1 heterocycles. The molecule has 1 aromatic rings. The number of rotatable bonds is 1. The van der Waals surface area contributed by atoms with E-state index in [-0.39, 0.29) is 0 Å². The maximum atomic E-state index is 3.34. The van der Waals surface area contributed by atoms with Gasteiger partial charge >= 0.3 is 0 Å². The van der Waals surface area contributed by atoms with Gasteiger partial charge in [-0.05, 0) is 43.3 Å². The number of nitrogens with one attached hydrogen (secondary N) is 1. The molecule has 0 saturated heterocycles. The van der Waals surface area contributed by atoms with Gasteiger partial charge in [0.15, 0.2) is 0 Å². The molecule has 0 aliphatic heterocycles. The fourth-order valence-corrected chi connectivity index (χ4v) is 2.62. The molecule has 0 saturated carbocycles. The summed E-state index contributed by atoms with van der Waals surface area (Å²) < 4.78 is 0. The number of likely N-dealkylation sites (N-methyl/N-ethyl adjacent to an activating group) is 1. The smallest absolute Gasteiger partial charge is 0.0108 e. The monoisotopic (exact) mass is 167 g/mol. The molecule has 60 valence electrons. The first-order valence-electron chi connectivity index (χ1n) is 4.12. The molecular weight excluding hydrogens is 154 g/mol. The normalized spacial score (nSPS) is 23.2. The lowest BCUT2D eigenvalue weighted by molar-refractivity contribution is 0.500. The van der Waals surface area contributed by atoms with Gasteiger partial charge in [0, 0.05) is 10.9 Å². The van der Waals surface area contributed by atoms with Crippen molar-refractivity contribution in [3.63, 3.8) is 0 Å². The van der Waals surface area contributed by atoms with Gasteiger partial charge < -0.3 is 5.32 Å². The molecule has 1 aliphatic rings. The Labute approximate surface area is 71.4 Å². The maximum Gasteiger partial charge on any atom is 0.0108 e. The molecule has 0 aromatic carbocycles. The molecule has 2 rings (SSSR count). The number of hydrogen-bond acceptors (Lipinski definition) is 2. The van der Waals surface area contributed by atoms with Crippen LogP contribution in [0.25, 0.3) is 0 Å². The van der Waals surface area contributed by atoms with E-state index in [2.05, 4.69) is 23.8 Å². The topological polar surface area (TPSA) is 12.0 Å². The lowest BCUT2D eigenvalue weighted by atomic mass is 9.95. The molecule has 1 aromatic heterocycles. The number of thiophene rings is 1. The predicted molar refractivity (Wildman–Crippen MR) is 49.2 cm³/mol. The van der Waals surface area contributed by atoms with Gasteiger partial charge in [-0.1, -0.05) is 0 Å². The minimum absolute atomic E-state index is 0.720. The number of aryl methyl sites for hydroxylation is 1. The van der Waals surface area contributed by atoms with Crippen molar-refractivity contribution in [2.75, 3.05) is 7.05 Å². The molecule has 0 fully saturated rings. The van der Waals surface area contributed by atoms with Crippen LogP contribution in [0.2, 0.25) is 0 Å². The molecule has 0 radical (unpaired) electrons. The molecule has 0 amide bonds. The van der Waals surface area contributed by atoms with Crippen LogP contribution in [-0.4, -0.2) is 13.1 Å². The third-order valence-electron chi connectivity index (χ3n) is 2.43. The Morgan fingerprint density at radius 2 is 2.55 bits per heavy atom. The number of fused-ring (bicyclic) bond motifs is 1. The van der Waals surface area contributed by atoms with Gasteiger partial charge in [0.25, 0.3) is 0 Å². The highest BCUT2D eigenvalue weighted by Gasteiger charge is 2.17. The third-order valence-corrected chi connectivity index (χ3v) is 3.46. The van der Waals surface area contributed by atoms with E-state index in [4.69, 9.17) is 0 Å². The molecule has 0 spiro atoms. The average molecular weight is 167 g/mol. The van der Waals surface area contributed by atoms with E-state index in [1.165, 1.54) is 19.3 Å². The Kier molecular flexibility index (Phi) is 1.96. The fraction of sp³-hybridized carbons (Fsp3) is 0.556. The first-order valence-corrected chi connectivity index (χ1v) is 5.00. The molecule has 1 aliphatic carbocycles. The van der Waals surface area contributed by atoms with Crippen LogP contribution in [-0.2, 0) is 12.8 Å². The first-order chi connectivity index (χ1) is 5.40. The summed E-state index contributed by atoms with van der Waals surface area (Å²) in [7, 11) is 2.06. The summed E-state index contributed by atoms with van der Waals surface area (Å²) in [5.74, 6) is 0. The summed E-state index contributed by atoms with van der Waals surface area (Å²) in [6, 6.07) is 2.99. The molecule has 1 atom stereocenters. The lowest BCUT2D eigenvalue weighted by Gasteiger charge is -2.21. The zero-order valence-corrected chi connectivity index (χ0v) is 7.58. The second-order valence-corrected chi connectivity index (χ2v) is 4.10. The molecule has 1 unspecified atom stereocenters. The van der Waals surface area contributed by atoms with Crippen LogP contribution in [0.3, 0.4) is 0 Å². The van der Waals surface area contributed by atoms with Crippen LogP contribution in [0.5, 0.6) is 0 Å². The van der Waals surface area contributed by atoms with Gasteiger partial charge in [0.2, 0.25) is 0 Å². The zero-order valence-electron chi connectivity index (χ0n) is 6.76. The Bertz CT molecular complexity index is 241. The molecule has 11 heavy (non-hydrogen) atoms. The Balaban J connectivity index is 2.18. The standard InChI is InChI=1S/C9H13NS/c1-10-8-2-3-9-7(6-8)4-5-11-9/h4-5,8,10H,2-3,6H2,1H3. The molecule has 1 N–H and O–H groups in total. The van der Waals surface area contributed by atoms with Crippen molar-refractivity contribution < 1.29 is 0 Å². The third kappa shape index (κ3) is 1.33. The highest BCUT2D eigenvalue weighted by molar-refractivity contribution is 7.10. The van der Waals surface area contributed by atoms with E-state index < -0.39 is 0 Å². The Morgan fingerprint density at radius 3 is 3.36 bits per heavy atom. The largest absolute Gasteiger partial charge is 0.317 e. The summed E-state index contributed by atoms with van der Waals surface area (Å²) in [6.07, 6.45) is 3.82. The second kappa shape index (κ2) is 2.95. The van der Waals surface area contributed by atoms with Gasteiger partial charge in [0.05, 0.1) is 0 Å². The van der Waals surface area contributed by atoms with E-state index in [9.17, 15) is 0 Å². The van der Waals surface area contributed by atoms with Crippen molar-refractivity contribution in [3.05, 3.63) is 21.9 Å². The van der Waals surface area contributed by atoms with Gasteiger partial charge in [-0.2, -0.15) is 0 Å². The van der Waals surface area contributed by atoms with Crippen LogP contribution in [0, 0.1) is 0 Å². The summed E-state index contributed by atoms with van der Waals surface area (Å²) in [5, 5.41) is 5.55. The van der Waals surface area contributed by atoms with Gasteiger partial charge in [0.1, 0.15) is 0 Å². The van der Waals surface area contributed by atoms with Crippen molar-refractivity contribution >= 4 is 11.3 Å². The average Bonchev–Trinajstić information content (AvgIpc) is 2.50. The number of hydrogen-bond donors (Lipinski definition) is 1. The minimum Gasteiger partial charge on any atom is -0.317 e. The van der Waals surface area contributed by atoms with Crippen molar-refractivity contribution in [1.29, 1.82) is 0 Å². The van der Waals surface area contributed by atoms with Crippen molar-refractivity contribution in [2.45, 2.75) is 25.3 Å². The first kappa shape index (κ1) is 7.32. The highest BCUT2D eigenvalue weighted by Crippen LogP contribution is 2.25. The Hall–Kier alpha value is -0.340. The lowest BCUT2D eigenvalue weighted by Crippen LogP contribution is -2.30. The van der Waals surface area contributed by atoms with Gasteiger partial charge in [-0.3, -0.25) is 0 Å². The summed E-state index contributed by atoms with van der Waals surface area (Å²) in [4.78, 5) is 1.61. The van der Waals surface area contributed by atoms with Crippen molar-refractivity contribution in [1.82, 2.24) is 5.32 Å².